The standard InChI is InChI=1S/C14H17N3O4/c1-8-4-10(2-3-21-8)15-12-7-11-9(6-14(18)16-11)5-13(12)17(19)20/h5,7-8,10,15H,2-4,6H2,1H3,(H,16,18). The number of nitrogens with zero attached hydrogens (tertiary/aromatic N) is 1. The van der Waals surface area contributed by atoms with Gasteiger partial charge in [-0.15, -0.1) is 0 Å². The Morgan fingerprint density at radius 3 is 3.00 bits per heavy atom. The molecule has 2 unspecified atom stereocenters. The minimum atomic E-state index is -0.409. The molecule has 2 atom stereocenters. The van der Waals surface area contributed by atoms with Crippen molar-refractivity contribution in [3.05, 3.63) is 27.8 Å². The largest absolute Gasteiger partial charge is 0.378 e. The monoisotopic (exact) mass is 291 g/mol. The molecule has 2 aliphatic rings. The number of amides is 1. The van der Waals surface area contributed by atoms with E-state index in [1.54, 1.807) is 6.07 Å². The first-order chi connectivity index (χ1) is 10.0. The van der Waals surface area contributed by atoms with E-state index in [2.05, 4.69) is 10.6 Å². The average Bonchev–Trinajstić information content (AvgIpc) is 2.76. The van der Waals surface area contributed by atoms with Gasteiger partial charge in [0, 0.05) is 24.4 Å². The molecule has 2 N–H and O–H groups in total. The predicted molar refractivity (Wildman–Crippen MR) is 77.5 cm³/mol. The molecule has 0 spiro atoms. The lowest BCUT2D eigenvalue weighted by Crippen LogP contribution is -2.32. The number of anilines is 2. The second kappa shape index (κ2) is 5.33. The van der Waals surface area contributed by atoms with Crippen LogP contribution in [0.1, 0.15) is 25.3 Å². The van der Waals surface area contributed by atoms with Crippen molar-refractivity contribution in [3.8, 4) is 0 Å². The van der Waals surface area contributed by atoms with Crippen molar-refractivity contribution >= 4 is 23.0 Å². The van der Waals surface area contributed by atoms with E-state index in [1.165, 1.54) is 6.07 Å². The highest BCUT2D eigenvalue weighted by molar-refractivity contribution is 6.00. The van der Waals surface area contributed by atoms with Gasteiger partial charge in [0.2, 0.25) is 5.91 Å². The van der Waals surface area contributed by atoms with Gasteiger partial charge in [-0.25, -0.2) is 0 Å². The van der Waals surface area contributed by atoms with Gasteiger partial charge in [-0.1, -0.05) is 0 Å². The topological polar surface area (TPSA) is 93.5 Å². The van der Waals surface area contributed by atoms with Gasteiger partial charge in [-0.05, 0) is 31.4 Å². The number of benzene rings is 1. The summed E-state index contributed by atoms with van der Waals surface area (Å²) in [6.07, 6.45) is 1.96. The van der Waals surface area contributed by atoms with Crippen molar-refractivity contribution in [2.24, 2.45) is 0 Å². The van der Waals surface area contributed by atoms with Crippen molar-refractivity contribution in [2.75, 3.05) is 17.2 Å². The maximum Gasteiger partial charge on any atom is 0.292 e. The van der Waals surface area contributed by atoms with Crippen LogP contribution in [0.15, 0.2) is 12.1 Å². The molecule has 7 nitrogen and oxygen atoms in total. The van der Waals surface area contributed by atoms with Gasteiger partial charge in [-0.2, -0.15) is 0 Å². The zero-order valence-electron chi connectivity index (χ0n) is 11.7. The Labute approximate surface area is 121 Å². The summed E-state index contributed by atoms with van der Waals surface area (Å²) < 4.78 is 5.48. The molecule has 1 aromatic rings. The van der Waals surface area contributed by atoms with E-state index in [1.807, 2.05) is 6.92 Å². The van der Waals surface area contributed by atoms with Gasteiger partial charge in [0.15, 0.2) is 0 Å². The highest BCUT2D eigenvalue weighted by atomic mass is 16.6. The maximum absolute atomic E-state index is 11.4. The van der Waals surface area contributed by atoms with Gasteiger partial charge >= 0.3 is 0 Å². The summed E-state index contributed by atoms with van der Waals surface area (Å²) in [5.41, 5.74) is 1.82. The molecule has 1 saturated heterocycles. The SMILES string of the molecule is CC1CC(Nc2cc3c(cc2[N+](=O)[O-])CC(=O)N3)CCO1. The summed E-state index contributed by atoms with van der Waals surface area (Å²) in [5, 5.41) is 17.2. The van der Waals surface area contributed by atoms with E-state index >= 15 is 0 Å². The third-order valence-corrected chi connectivity index (χ3v) is 3.89. The van der Waals surface area contributed by atoms with Crippen molar-refractivity contribution in [3.63, 3.8) is 0 Å². The lowest BCUT2D eigenvalue weighted by atomic mass is 10.0. The second-order valence-corrected chi connectivity index (χ2v) is 5.56. The first-order valence-electron chi connectivity index (χ1n) is 7.02. The van der Waals surface area contributed by atoms with Crippen LogP contribution in [0, 0.1) is 10.1 Å². The lowest BCUT2D eigenvalue weighted by Gasteiger charge is -2.28. The summed E-state index contributed by atoms with van der Waals surface area (Å²) in [7, 11) is 0. The molecule has 3 rings (SSSR count). The molecule has 21 heavy (non-hydrogen) atoms. The Bertz CT molecular complexity index is 602. The molecule has 0 aliphatic carbocycles. The molecule has 0 radical (unpaired) electrons. The fraction of sp³-hybridized carbons (Fsp3) is 0.500. The number of fused-ring (bicyclic) bond motifs is 1. The smallest absolute Gasteiger partial charge is 0.292 e. The van der Waals surface area contributed by atoms with Gasteiger partial charge in [0.25, 0.3) is 5.69 Å². The van der Waals surface area contributed by atoms with Crippen LogP contribution in [0.25, 0.3) is 0 Å². The number of ether oxygens (including phenoxy) is 1. The molecular weight excluding hydrogens is 274 g/mol. The Morgan fingerprint density at radius 1 is 1.48 bits per heavy atom. The van der Waals surface area contributed by atoms with Gasteiger partial charge in [0.1, 0.15) is 5.69 Å². The molecule has 1 fully saturated rings. The Kier molecular flexibility index (Phi) is 3.50. The average molecular weight is 291 g/mol. The summed E-state index contributed by atoms with van der Waals surface area (Å²) in [5.74, 6) is -0.129. The van der Waals surface area contributed by atoms with Crippen molar-refractivity contribution in [2.45, 2.75) is 38.3 Å². The van der Waals surface area contributed by atoms with E-state index in [-0.39, 0.29) is 30.2 Å². The number of carbonyl (C=O) groups is 1. The van der Waals surface area contributed by atoms with Crippen LogP contribution >= 0.6 is 0 Å². The van der Waals surface area contributed by atoms with Gasteiger partial charge in [0.05, 0.1) is 17.4 Å². The molecule has 2 aliphatic heterocycles. The minimum Gasteiger partial charge on any atom is -0.378 e. The molecule has 0 saturated carbocycles. The zero-order valence-corrected chi connectivity index (χ0v) is 11.7. The third kappa shape index (κ3) is 2.82. The van der Waals surface area contributed by atoms with Crippen LogP contribution in [0.3, 0.4) is 0 Å². The van der Waals surface area contributed by atoms with E-state index in [0.29, 0.717) is 23.5 Å². The summed E-state index contributed by atoms with van der Waals surface area (Å²) >= 11 is 0. The molecule has 7 heteroatoms. The molecule has 0 aromatic heterocycles. The predicted octanol–water partition coefficient (Wildman–Crippen LogP) is 2.07. The van der Waals surface area contributed by atoms with Crippen molar-refractivity contribution in [1.82, 2.24) is 0 Å². The number of hydrogen-bond donors (Lipinski definition) is 2. The second-order valence-electron chi connectivity index (χ2n) is 5.56. The van der Waals surface area contributed by atoms with Crippen molar-refractivity contribution in [1.29, 1.82) is 0 Å². The lowest BCUT2D eigenvalue weighted by molar-refractivity contribution is -0.384. The molecule has 2 heterocycles. The first-order valence-corrected chi connectivity index (χ1v) is 7.02. The van der Waals surface area contributed by atoms with Crippen molar-refractivity contribution < 1.29 is 14.5 Å². The van der Waals surface area contributed by atoms with Crippen LogP contribution in [0.2, 0.25) is 0 Å². The Hall–Kier alpha value is -2.15. The summed E-state index contributed by atoms with van der Waals surface area (Å²) in [4.78, 5) is 22.2. The molecule has 1 amide bonds. The number of rotatable bonds is 3. The fourth-order valence-electron chi connectivity index (χ4n) is 2.88. The van der Waals surface area contributed by atoms with Crippen LogP contribution < -0.4 is 10.6 Å². The fourth-order valence-corrected chi connectivity index (χ4v) is 2.88. The zero-order chi connectivity index (χ0) is 15.0. The van der Waals surface area contributed by atoms with E-state index in [9.17, 15) is 14.9 Å². The van der Waals surface area contributed by atoms with Crippen LogP contribution in [0.4, 0.5) is 17.1 Å². The number of nitro benzene ring substituents is 1. The third-order valence-electron chi connectivity index (χ3n) is 3.89. The molecule has 112 valence electrons. The molecule has 0 bridgehead atoms. The summed E-state index contributed by atoms with van der Waals surface area (Å²) in [6, 6.07) is 3.29. The molecule has 1 aromatic carbocycles. The number of carbonyl (C=O) groups excluding carboxylic acids is 1. The van der Waals surface area contributed by atoms with Crippen LogP contribution in [-0.2, 0) is 16.0 Å². The highest BCUT2D eigenvalue weighted by Gasteiger charge is 2.27. The highest BCUT2D eigenvalue weighted by Crippen LogP contribution is 2.35. The Morgan fingerprint density at radius 2 is 2.29 bits per heavy atom. The van der Waals surface area contributed by atoms with Gasteiger partial charge in [-0.3, -0.25) is 14.9 Å². The normalized spacial score (nSPS) is 24.3. The Balaban J connectivity index is 1.88. The van der Waals surface area contributed by atoms with Crippen LogP contribution in [-0.4, -0.2) is 29.6 Å². The molecular formula is C14H17N3O4. The van der Waals surface area contributed by atoms with Crippen LogP contribution in [0.5, 0.6) is 0 Å². The first kappa shape index (κ1) is 13.8. The summed E-state index contributed by atoms with van der Waals surface area (Å²) in [6.45, 7) is 2.64. The van der Waals surface area contributed by atoms with E-state index in [4.69, 9.17) is 4.74 Å². The minimum absolute atomic E-state index is 0.0180. The maximum atomic E-state index is 11.4. The van der Waals surface area contributed by atoms with E-state index < -0.39 is 4.92 Å². The number of nitro groups is 1. The quantitative estimate of drug-likeness (QED) is 0.657. The van der Waals surface area contributed by atoms with E-state index in [0.717, 1.165) is 12.8 Å². The number of hydrogen-bond acceptors (Lipinski definition) is 5. The van der Waals surface area contributed by atoms with Gasteiger partial charge < -0.3 is 15.4 Å². The number of nitrogens with one attached hydrogen (secondary N) is 2.